The maximum atomic E-state index is 12.2. The zero-order chi connectivity index (χ0) is 15.5. The van der Waals surface area contributed by atoms with Gasteiger partial charge in [0.1, 0.15) is 0 Å². The summed E-state index contributed by atoms with van der Waals surface area (Å²) in [4.78, 5) is 14.0. The van der Waals surface area contributed by atoms with Gasteiger partial charge in [0.15, 0.2) is 9.84 Å². The van der Waals surface area contributed by atoms with Gasteiger partial charge in [-0.1, -0.05) is 30.3 Å². The summed E-state index contributed by atoms with van der Waals surface area (Å²) < 4.78 is 22.8. The zero-order valence-electron chi connectivity index (χ0n) is 12.4. The Labute approximate surface area is 130 Å². The normalized spacial score (nSPS) is 21.9. The highest BCUT2D eigenvalue weighted by atomic mass is 32.2. The van der Waals surface area contributed by atoms with Crippen molar-refractivity contribution in [3.8, 4) is 0 Å². The molecule has 0 aromatic heterocycles. The monoisotopic (exact) mass is 327 g/mol. The van der Waals surface area contributed by atoms with Crippen molar-refractivity contribution in [2.75, 3.05) is 24.3 Å². The number of hydrogen-bond acceptors (Lipinski definition) is 4. The van der Waals surface area contributed by atoms with E-state index in [2.05, 4.69) is 0 Å². The van der Waals surface area contributed by atoms with E-state index in [0.29, 0.717) is 12.2 Å². The molecule has 116 valence electrons. The molecule has 2 rings (SSSR count). The quantitative estimate of drug-likeness (QED) is 0.831. The van der Waals surface area contributed by atoms with Gasteiger partial charge in [-0.25, -0.2) is 8.42 Å². The molecule has 1 aromatic carbocycles. The maximum absolute atomic E-state index is 12.2. The molecule has 1 saturated heterocycles. The zero-order valence-corrected chi connectivity index (χ0v) is 14.0. The summed E-state index contributed by atoms with van der Waals surface area (Å²) >= 11 is 1.46. The number of carbonyl (C=O) groups excluding carboxylic acids is 1. The number of amides is 1. The van der Waals surface area contributed by atoms with Crippen LogP contribution in [-0.2, 0) is 14.6 Å². The third-order valence-electron chi connectivity index (χ3n) is 3.89. The lowest BCUT2D eigenvalue weighted by atomic mass is 10.1. The number of benzene rings is 1. The second kappa shape index (κ2) is 6.83. The number of nitrogens with zero attached hydrogens (tertiary/aromatic N) is 1. The average molecular weight is 327 g/mol. The topological polar surface area (TPSA) is 54.5 Å². The lowest BCUT2D eigenvalue weighted by molar-refractivity contribution is -0.128. The molecule has 0 radical (unpaired) electrons. The number of carbonyl (C=O) groups is 1. The lowest BCUT2D eigenvalue weighted by Gasteiger charge is -2.25. The fourth-order valence-corrected chi connectivity index (χ4v) is 5.92. The predicted octanol–water partition coefficient (Wildman–Crippen LogP) is 2.13. The second-order valence-electron chi connectivity index (χ2n) is 5.43. The van der Waals surface area contributed by atoms with E-state index in [0.717, 1.165) is 5.56 Å². The maximum Gasteiger partial charge on any atom is 0.232 e. The van der Waals surface area contributed by atoms with Gasteiger partial charge in [0, 0.05) is 12.3 Å². The average Bonchev–Trinajstić information content (AvgIpc) is 2.83. The standard InChI is InChI=1S/C15H21NO3S2/c1-12(13-6-4-3-5-7-13)16(2)15(17)10-20-14-8-9-21(18,19)11-14/h3-7,12,14H,8-11H2,1-2H3/t12-,14+/m1/s1. The molecule has 1 amide bonds. The van der Waals surface area contributed by atoms with Crippen molar-refractivity contribution in [1.82, 2.24) is 4.90 Å². The molecule has 0 bridgehead atoms. The van der Waals surface area contributed by atoms with Crippen LogP contribution in [0, 0.1) is 0 Å². The third-order valence-corrected chi connectivity index (χ3v) is 7.16. The molecule has 1 aliphatic rings. The molecule has 1 heterocycles. The van der Waals surface area contributed by atoms with Crippen LogP contribution in [0.3, 0.4) is 0 Å². The summed E-state index contributed by atoms with van der Waals surface area (Å²) in [5.74, 6) is 0.854. The van der Waals surface area contributed by atoms with Crippen LogP contribution < -0.4 is 0 Å². The van der Waals surface area contributed by atoms with Gasteiger partial charge in [-0.05, 0) is 18.9 Å². The molecule has 21 heavy (non-hydrogen) atoms. The van der Waals surface area contributed by atoms with Crippen molar-refractivity contribution in [2.24, 2.45) is 0 Å². The predicted molar refractivity (Wildman–Crippen MR) is 87.1 cm³/mol. The van der Waals surface area contributed by atoms with Gasteiger partial charge >= 0.3 is 0 Å². The molecular formula is C15H21NO3S2. The summed E-state index contributed by atoms with van der Waals surface area (Å²) in [5.41, 5.74) is 1.10. The SMILES string of the molecule is C[C@H](c1ccccc1)N(C)C(=O)CS[C@H]1CCS(=O)(=O)C1. The summed E-state index contributed by atoms with van der Waals surface area (Å²) in [6.45, 7) is 2.00. The minimum Gasteiger partial charge on any atom is -0.338 e. The van der Waals surface area contributed by atoms with Crippen LogP contribution in [0.5, 0.6) is 0 Å². The Hall–Kier alpha value is -1.01. The van der Waals surface area contributed by atoms with Gasteiger partial charge in [-0.2, -0.15) is 0 Å². The summed E-state index contributed by atoms with van der Waals surface area (Å²) in [5, 5.41) is 0.0689. The van der Waals surface area contributed by atoms with Gasteiger partial charge in [0.2, 0.25) is 5.91 Å². The van der Waals surface area contributed by atoms with Crippen molar-refractivity contribution >= 4 is 27.5 Å². The molecule has 0 aliphatic carbocycles. The van der Waals surface area contributed by atoms with Crippen molar-refractivity contribution in [3.63, 3.8) is 0 Å². The Morgan fingerprint density at radius 2 is 2.05 bits per heavy atom. The minimum absolute atomic E-state index is 0.0200. The third kappa shape index (κ3) is 4.48. The Bertz CT molecular complexity index is 586. The van der Waals surface area contributed by atoms with E-state index in [9.17, 15) is 13.2 Å². The molecular weight excluding hydrogens is 306 g/mol. The molecule has 1 aliphatic heterocycles. The van der Waals surface area contributed by atoms with Crippen LogP contribution in [-0.4, -0.2) is 48.8 Å². The molecule has 0 unspecified atom stereocenters. The minimum atomic E-state index is -2.87. The molecule has 1 fully saturated rings. The highest BCUT2D eigenvalue weighted by Crippen LogP contribution is 2.25. The van der Waals surface area contributed by atoms with E-state index in [1.54, 1.807) is 11.9 Å². The fourth-order valence-electron chi connectivity index (χ4n) is 2.35. The van der Waals surface area contributed by atoms with E-state index in [4.69, 9.17) is 0 Å². The summed E-state index contributed by atoms with van der Waals surface area (Å²) in [6.07, 6.45) is 0.665. The number of rotatable bonds is 5. The van der Waals surface area contributed by atoms with Gasteiger partial charge in [0.05, 0.1) is 23.3 Å². The fraction of sp³-hybridized carbons (Fsp3) is 0.533. The highest BCUT2D eigenvalue weighted by molar-refractivity contribution is 8.02. The van der Waals surface area contributed by atoms with Crippen LogP contribution >= 0.6 is 11.8 Å². The van der Waals surface area contributed by atoms with Crippen molar-refractivity contribution < 1.29 is 13.2 Å². The van der Waals surface area contributed by atoms with Gasteiger partial charge in [-0.3, -0.25) is 4.79 Å². The Balaban J connectivity index is 1.86. The van der Waals surface area contributed by atoms with Gasteiger partial charge < -0.3 is 4.90 Å². The van der Waals surface area contributed by atoms with Crippen molar-refractivity contribution in [3.05, 3.63) is 35.9 Å². The molecule has 0 spiro atoms. The molecule has 1 aromatic rings. The first-order chi connectivity index (χ1) is 9.89. The highest BCUT2D eigenvalue weighted by Gasteiger charge is 2.29. The largest absolute Gasteiger partial charge is 0.338 e. The van der Waals surface area contributed by atoms with E-state index in [1.807, 2.05) is 37.3 Å². The first kappa shape index (κ1) is 16.4. The van der Waals surface area contributed by atoms with Crippen molar-refractivity contribution in [1.29, 1.82) is 0 Å². The van der Waals surface area contributed by atoms with Crippen molar-refractivity contribution in [2.45, 2.75) is 24.6 Å². The van der Waals surface area contributed by atoms with Gasteiger partial charge in [0.25, 0.3) is 0 Å². The van der Waals surface area contributed by atoms with E-state index < -0.39 is 9.84 Å². The molecule has 0 saturated carbocycles. The number of thioether (sulfide) groups is 1. The Kier molecular flexibility index (Phi) is 5.32. The van der Waals surface area contributed by atoms with Crippen LogP contribution in [0.1, 0.15) is 24.9 Å². The van der Waals surface area contributed by atoms with E-state index in [1.165, 1.54) is 11.8 Å². The first-order valence-electron chi connectivity index (χ1n) is 7.01. The lowest BCUT2D eigenvalue weighted by Crippen LogP contribution is -2.31. The molecule has 0 N–H and O–H groups in total. The molecule has 4 nitrogen and oxygen atoms in total. The molecule has 2 atom stereocenters. The Morgan fingerprint density at radius 1 is 1.38 bits per heavy atom. The number of hydrogen-bond donors (Lipinski definition) is 0. The smallest absolute Gasteiger partial charge is 0.232 e. The molecule has 6 heteroatoms. The first-order valence-corrected chi connectivity index (χ1v) is 9.89. The summed E-state index contributed by atoms with van der Waals surface area (Å²) in [6, 6.07) is 9.90. The van der Waals surface area contributed by atoms with E-state index >= 15 is 0 Å². The summed E-state index contributed by atoms with van der Waals surface area (Å²) in [7, 11) is -1.07. The Morgan fingerprint density at radius 3 is 2.62 bits per heavy atom. The second-order valence-corrected chi connectivity index (χ2v) is 8.94. The van der Waals surface area contributed by atoms with Crippen LogP contribution in [0.4, 0.5) is 0 Å². The van der Waals surface area contributed by atoms with Gasteiger partial charge in [-0.15, -0.1) is 11.8 Å². The number of sulfone groups is 1. The van der Waals surface area contributed by atoms with Crippen LogP contribution in [0.25, 0.3) is 0 Å². The van der Waals surface area contributed by atoms with Crippen LogP contribution in [0.2, 0.25) is 0 Å². The van der Waals surface area contributed by atoms with Crippen LogP contribution in [0.15, 0.2) is 30.3 Å². The van der Waals surface area contributed by atoms with E-state index in [-0.39, 0.29) is 28.7 Å².